The van der Waals surface area contributed by atoms with Crippen LogP contribution in [0.1, 0.15) is 15.9 Å². The zero-order chi connectivity index (χ0) is 29.5. The van der Waals surface area contributed by atoms with E-state index in [2.05, 4.69) is 20.1 Å². The molecule has 0 atom stereocenters. The maximum Gasteiger partial charge on any atom is 0.324 e. The van der Waals surface area contributed by atoms with Crippen molar-refractivity contribution in [1.29, 1.82) is 0 Å². The number of fused-ring (bicyclic) bond motifs is 1. The second-order valence-electron chi connectivity index (χ2n) is 9.74. The van der Waals surface area contributed by atoms with Crippen LogP contribution in [0.4, 0.5) is 11.5 Å². The number of amides is 1. The van der Waals surface area contributed by atoms with Gasteiger partial charge in [-0.2, -0.15) is 0 Å². The third-order valence-corrected chi connectivity index (χ3v) is 7.71. The van der Waals surface area contributed by atoms with Crippen LogP contribution in [0.2, 0.25) is 10.0 Å². The van der Waals surface area contributed by atoms with E-state index in [0.29, 0.717) is 38.1 Å². The average molecular weight is 613 g/mol. The van der Waals surface area contributed by atoms with Crippen molar-refractivity contribution in [2.45, 2.75) is 11.4 Å². The number of halogens is 2. The van der Waals surface area contributed by atoms with E-state index in [1.54, 1.807) is 40.8 Å². The van der Waals surface area contributed by atoms with Crippen molar-refractivity contribution in [2.75, 3.05) is 50.0 Å². The molecule has 1 heterocycles. The Hall–Kier alpha value is -3.50. The van der Waals surface area contributed by atoms with Gasteiger partial charge in [0.15, 0.2) is 0 Å². The summed E-state index contributed by atoms with van der Waals surface area (Å²) in [7, 11) is 6.07. The quantitative estimate of drug-likeness (QED) is 0.187. The zero-order valence-corrected chi connectivity index (χ0v) is 25.3. The van der Waals surface area contributed by atoms with Crippen LogP contribution in [0.3, 0.4) is 0 Å². The lowest BCUT2D eigenvalue weighted by atomic mass is 10.0. The van der Waals surface area contributed by atoms with Crippen LogP contribution in [0.25, 0.3) is 10.8 Å². The van der Waals surface area contributed by atoms with Gasteiger partial charge in [0, 0.05) is 58.8 Å². The molecule has 4 aromatic rings. The number of carboxylic acids is 1. The van der Waals surface area contributed by atoms with Gasteiger partial charge in [0.25, 0.3) is 5.91 Å². The second kappa shape index (κ2) is 13.9. The van der Waals surface area contributed by atoms with Gasteiger partial charge in [-0.25, -0.2) is 4.98 Å². The molecule has 214 valence electrons. The Kier molecular flexibility index (Phi) is 10.3. The molecule has 11 heteroatoms. The summed E-state index contributed by atoms with van der Waals surface area (Å²) in [6, 6.07) is 19.9. The molecule has 0 aliphatic carbocycles. The maximum absolute atomic E-state index is 13.3. The number of carboxylic acid groups (broad SMARTS) is 1. The molecule has 4 rings (SSSR count). The lowest BCUT2D eigenvalue weighted by molar-refractivity contribution is -0.135. The van der Waals surface area contributed by atoms with E-state index in [0.717, 1.165) is 29.9 Å². The number of hydrogen-bond donors (Lipinski definition) is 2. The summed E-state index contributed by atoms with van der Waals surface area (Å²) in [5.41, 5.74) is 2.02. The van der Waals surface area contributed by atoms with Crippen LogP contribution in [0.5, 0.6) is 0 Å². The van der Waals surface area contributed by atoms with Gasteiger partial charge in [-0.05, 0) is 73.4 Å². The molecule has 41 heavy (non-hydrogen) atoms. The number of aliphatic carboxylic acids is 1. The van der Waals surface area contributed by atoms with E-state index in [-0.39, 0.29) is 12.5 Å². The monoisotopic (exact) mass is 611 g/mol. The van der Waals surface area contributed by atoms with Gasteiger partial charge < -0.3 is 24.5 Å². The minimum Gasteiger partial charge on any atom is -0.480 e. The summed E-state index contributed by atoms with van der Waals surface area (Å²) >= 11 is 13.6. The van der Waals surface area contributed by atoms with E-state index in [4.69, 9.17) is 23.2 Å². The fourth-order valence-electron chi connectivity index (χ4n) is 4.20. The molecule has 0 unspecified atom stereocenters. The number of aromatic nitrogens is 1. The molecule has 1 aromatic heterocycles. The standard InChI is InChI=1S/C30H31Cl2N5O3S/c1-35(2)12-13-36(3)28-11-10-20(17-33-28)18-34-30(40)26-8-4-7-25-24(26)6-5-9-27(25)37(19-29(38)39)41-23-15-21(31)14-22(32)16-23/h4-11,14-17H,12-13,18-19H2,1-3H3,(H,34,40)(H,38,39). The van der Waals surface area contributed by atoms with E-state index in [1.165, 1.54) is 11.9 Å². The van der Waals surface area contributed by atoms with E-state index in [9.17, 15) is 14.7 Å². The van der Waals surface area contributed by atoms with Gasteiger partial charge in [-0.1, -0.05) is 53.5 Å². The highest BCUT2D eigenvalue weighted by atomic mass is 35.5. The van der Waals surface area contributed by atoms with E-state index in [1.807, 2.05) is 57.5 Å². The molecule has 8 nitrogen and oxygen atoms in total. The lowest BCUT2D eigenvalue weighted by Gasteiger charge is -2.23. The Morgan fingerprint density at radius 3 is 2.29 bits per heavy atom. The number of benzene rings is 3. The summed E-state index contributed by atoms with van der Waals surface area (Å²) < 4.78 is 1.65. The molecular weight excluding hydrogens is 581 g/mol. The molecule has 0 fully saturated rings. The Balaban J connectivity index is 1.53. The first-order valence-electron chi connectivity index (χ1n) is 12.8. The van der Waals surface area contributed by atoms with Crippen molar-refractivity contribution in [3.8, 4) is 0 Å². The highest BCUT2D eigenvalue weighted by molar-refractivity contribution is 8.00. The summed E-state index contributed by atoms with van der Waals surface area (Å²) in [6.07, 6.45) is 1.77. The third-order valence-electron chi connectivity index (χ3n) is 6.28. The number of carbonyl (C=O) groups excluding carboxylic acids is 1. The number of carbonyl (C=O) groups is 2. The number of nitrogens with one attached hydrogen (secondary N) is 1. The van der Waals surface area contributed by atoms with Gasteiger partial charge in [0.1, 0.15) is 12.4 Å². The fraction of sp³-hybridized carbons (Fsp3) is 0.233. The topological polar surface area (TPSA) is 89.0 Å². The molecule has 0 aliphatic heterocycles. The molecule has 0 spiro atoms. The van der Waals surface area contributed by atoms with Crippen LogP contribution in [0.15, 0.2) is 77.8 Å². The van der Waals surface area contributed by atoms with Crippen LogP contribution >= 0.6 is 35.1 Å². The minimum atomic E-state index is -1.000. The Bertz CT molecular complexity index is 1510. The average Bonchev–Trinajstić information content (AvgIpc) is 2.93. The molecule has 0 radical (unpaired) electrons. The van der Waals surface area contributed by atoms with Gasteiger partial charge >= 0.3 is 5.97 Å². The van der Waals surface area contributed by atoms with Gasteiger partial charge in [-0.15, -0.1) is 0 Å². The molecular formula is C30H31Cl2N5O3S. The predicted molar refractivity (Wildman–Crippen MR) is 168 cm³/mol. The number of rotatable bonds is 12. The minimum absolute atomic E-state index is 0.237. The molecule has 3 aromatic carbocycles. The lowest BCUT2D eigenvalue weighted by Crippen LogP contribution is -2.29. The zero-order valence-electron chi connectivity index (χ0n) is 23.0. The van der Waals surface area contributed by atoms with Crippen LogP contribution in [-0.4, -0.2) is 67.6 Å². The highest BCUT2D eigenvalue weighted by Gasteiger charge is 2.19. The van der Waals surface area contributed by atoms with Gasteiger partial charge in [-0.3, -0.25) is 9.59 Å². The Labute approximate surface area is 254 Å². The molecule has 0 bridgehead atoms. The normalized spacial score (nSPS) is 11.1. The second-order valence-corrected chi connectivity index (χ2v) is 11.7. The van der Waals surface area contributed by atoms with Gasteiger partial charge in [0.05, 0.1) is 5.69 Å². The maximum atomic E-state index is 13.3. The SMILES string of the molecule is CN(C)CCN(C)c1ccc(CNC(=O)c2cccc3c(N(CC(=O)O)Sc4cc(Cl)cc(Cl)c4)cccc23)cn1. The fourth-order valence-corrected chi connectivity index (χ4v) is 5.90. The number of pyridine rings is 1. The van der Waals surface area contributed by atoms with Crippen molar-refractivity contribution in [3.05, 3.63) is 94.1 Å². The van der Waals surface area contributed by atoms with Crippen molar-refractivity contribution >= 4 is 69.3 Å². The number of nitrogens with zero attached hydrogens (tertiary/aromatic N) is 4. The van der Waals surface area contributed by atoms with Crippen LogP contribution in [-0.2, 0) is 11.3 Å². The first-order chi connectivity index (χ1) is 19.6. The molecule has 0 saturated carbocycles. The van der Waals surface area contributed by atoms with Crippen molar-refractivity contribution in [2.24, 2.45) is 0 Å². The molecule has 0 saturated heterocycles. The summed E-state index contributed by atoms with van der Waals surface area (Å²) in [5, 5.41) is 15.0. The summed E-state index contributed by atoms with van der Waals surface area (Å²) in [5.74, 6) is -0.369. The van der Waals surface area contributed by atoms with E-state index >= 15 is 0 Å². The first kappa shape index (κ1) is 30.5. The van der Waals surface area contributed by atoms with Crippen molar-refractivity contribution < 1.29 is 14.7 Å². The van der Waals surface area contributed by atoms with Crippen molar-refractivity contribution in [3.63, 3.8) is 0 Å². The largest absolute Gasteiger partial charge is 0.480 e. The van der Waals surface area contributed by atoms with Gasteiger partial charge in [0.2, 0.25) is 0 Å². The third kappa shape index (κ3) is 8.27. The first-order valence-corrected chi connectivity index (χ1v) is 14.4. The number of likely N-dealkylation sites (N-methyl/N-ethyl adjacent to an activating group) is 2. The molecule has 0 aliphatic rings. The Morgan fingerprint density at radius 1 is 0.927 bits per heavy atom. The number of hydrogen-bond acceptors (Lipinski definition) is 7. The van der Waals surface area contributed by atoms with Crippen LogP contribution in [0, 0.1) is 0 Å². The number of anilines is 2. The van der Waals surface area contributed by atoms with Crippen LogP contribution < -0.4 is 14.5 Å². The van der Waals surface area contributed by atoms with Crippen molar-refractivity contribution in [1.82, 2.24) is 15.2 Å². The van der Waals surface area contributed by atoms with E-state index < -0.39 is 5.97 Å². The molecule has 1 amide bonds. The molecule has 2 N–H and O–H groups in total. The summed E-state index contributed by atoms with van der Waals surface area (Å²) in [4.78, 5) is 34.5. The summed E-state index contributed by atoms with van der Waals surface area (Å²) in [6.45, 7) is 1.82. The smallest absolute Gasteiger partial charge is 0.324 e. The predicted octanol–water partition coefficient (Wildman–Crippen LogP) is 6.07. The highest BCUT2D eigenvalue weighted by Crippen LogP contribution is 2.37. The Morgan fingerprint density at radius 2 is 1.63 bits per heavy atom.